The number of aryl methyl sites for hydroxylation is 1. The highest BCUT2D eigenvalue weighted by molar-refractivity contribution is 5.80. The summed E-state index contributed by atoms with van der Waals surface area (Å²) >= 11 is 0. The molecule has 0 saturated carbocycles. The van der Waals surface area contributed by atoms with Crippen LogP contribution in [-0.4, -0.2) is 15.5 Å². The molecule has 136 valence electrons. The van der Waals surface area contributed by atoms with Gasteiger partial charge in [-0.15, -0.1) is 0 Å². The number of nitrogens with one attached hydrogen (secondary N) is 2. The molecule has 1 amide bonds. The van der Waals surface area contributed by atoms with E-state index in [1.54, 1.807) is 30.3 Å². The van der Waals surface area contributed by atoms with Crippen molar-refractivity contribution >= 4 is 22.8 Å². The molecular weight excluding hydrogens is 342 g/mol. The number of hydrogen-bond acceptors (Lipinski definition) is 5. The van der Waals surface area contributed by atoms with Gasteiger partial charge in [0.05, 0.1) is 22.5 Å². The molecule has 1 aromatic heterocycles. The van der Waals surface area contributed by atoms with Gasteiger partial charge in [-0.05, 0) is 43.2 Å². The minimum atomic E-state index is -0.218. The van der Waals surface area contributed by atoms with Gasteiger partial charge < -0.3 is 0 Å². The largest absolute Gasteiger partial charge is 0.277 e. The summed E-state index contributed by atoms with van der Waals surface area (Å²) < 4.78 is 1.48. The average Bonchev–Trinajstić information content (AvgIpc) is 2.71. The van der Waals surface area contributed by atoms with Crippen molar-refractivity contribution in [3.8, 4) is 6.07 Å². The fourth-order valence-corrected chi connectivity index (χ4v) is 2.75. The lowest BCUT2D eigenvalue weighted by molar-refractivity contribution is -0.120. The highest BCUT2D eigenvalue weighted by Gasteiger charge is 2.10. The van der Waals surface area contributed by atoms with Crippen LogP contribution in [0, 0.1) is 11.3 Å². The second-order valence-electron chi connectivity index (χ2n) is 5.98. The number of hydrogen-bond donors (Lipinski definition) is 2. The van der Waals surface area contributed by atoms with E-state index in [0.29, 0.717) is 35.4 Å². The van der Waals surface area contributed by atoms with Gasteiger partial charge in [0, 0.05) is 13.0 Å². The Morgan fingerprint density at radius 1 is 1.19 bits per heavy atom. The number of carbonyl (C=O) groups is 1. The molecule has 0 radical (unpaired) electrons. The Balaban J connectivity index is 1.66. The number of rotatable bonds is 6. The van der Waals surface area contributed by atoms with E-state index < -0.39 is 0 Å². The molecule has 0 atom stereocenters. The van der Waals surface area contributed by atoms with Crippen LogP contribution in [-0.2, 0) is 17.8 Å². The quantitative estimate of drug-likeness (QED) is 0.657. The maximum atomic E-state index is 12.5. The molecule has 0 spiro atoms. The number of aromatic nitrogens is 2. The van der Waals surface area contributed by atoms with E-state index in [4.69, 9.17) is 5.26 Å². The van der Waals surface area contributed by atoms with Gasteiger partial charge in [-0.25, -0.2) is 4.98 Å². The van der Waals surface area contributed by atoms with Crippen molar-refractivity contribution in [2.24, 2.45) is 0 Å². The van der Waals surface area contributed by atoms with Gasteiger partial charge in [-0.2, -0.15) is 5.26 Å². The van der Waals surface area contributed by atoms with Gasteiger partial charge in [0.15, 0.2) is 0 Å². The standard InChI is InChI=1S/C20H19N5O2/c1-2-25-19(27)16-5-3-4-6-17(16)22-20(25)24-23-18(26)12-11-14-7-9-15(13-21)10-8-14/h3-10H,2,11-12H2,1H3,(H,22,24)(H,23,26). The number of carbonyl (C=O) groups excluding carboxylic acids is 1. The van der Waals surface area contributed by atoms with Crippen LogP contribution in [0.3, 0.4) is 0 Å². The molecule has 1 heterocycles. The Bertz CT molecular complexity index is 1060. The summed E-state index contributed by atoms with van der Waals surface area (Å²) in [7, 11) is 0. The minimum absolute atomic E-state index is 0.155. The zero-order chi connectivity index (χ0) is 19.2. The third-order valence-corrected chi connectivity index (χ3v) is 4.22. The smallest absolute Gasteiger partial charge is 0.262 e. The molecule has 0 fully saturated rings. The van der Waals surface area contributed by atoms with Crippen molar-refractivity contribution in [2.75, 3.05) is 5.43 Å². The highest BCUT2D eigenvalue weighted by Crippen LogP contribution is 2.10. The van der Waals surface area contributed by atoms with Crippen LogP contribution in [0.4, 0.5) is 5.95 Å². The van der Waals surface area contributed by atoms with Crippen LogP contribution in [0.5, 0.6) is 0 Å². The second kappa shape index (κ2) is 8.15. The third-order valence-electron chi connectivity index (χ3n) is 4.22. The van der Waals surface area contributed by atoms with E-state index in [2.05, 4.69) is 21.9 Å². The van der Waals surface area contributed by atoms with Gasteiger partial charge in [-0.3, -0.25) is 25.0 Å². The number of amides is 1. The Morgan fingerprint density at radius 3 is 2.63 bits per heavy atom. The van der Waals surface area contributed by atoms with Crippen LogP contribution >= 0.6 is 0 Å². The lowest BCUT2D eigenvalue weighted by atomic mass is 10.1. The lowest BCUT2D eigenvalue weighted by Gasteiger charge is -2.14. The highest BCUT2D eigenvalue weighted by atomic mass is 16.2. The fraction of sp³-hybridized carbons (Fsp3) is 0.200. The number of hydrazine groups is 1. The van der Waals surface area contributed by atoms with Crippen LogP contribution in [0.15, 0.2) is 53.3 Å². The topological polar surface area (TPSA) is 99.8 Å². The number of nitrogens with zero attached hydrogens (tertiary/aromatic N) is 3. The SMILES string of the molecule is CCn1c(NNC(=O)CCc2ccc(C#N)cc2)nc2ccccc2c1=O. The Hall–Kier alpha value is -3.66. The van der Waals surface area contributed by atoms with Crippen molar-refractivity contribution in [3.63, 3.8) is 0 Å². The molecule has 3 aromatic rings. The first-order valence-corrected chi connectivity index (χ1v) is 8.66. The first kappa shape index (κ1) is 18.1. The molecular formula is C20H19N5O2. The van der Waals surface area contributed by atoms with Crippen LogP contribution < -0.4 is 16.4 Å². The maximum Gasteiger partial charge on any atom is 0.262 e. The monoisotopic (exact) mass is 361 g/mol. The summed E-state index contributed by atoms with van der Waals surface area (Å²) in [5, 5.41) is 9.34. The summed E-state index contributed by atoms with van der Waals surface area (Å²) in [6.07, 6.45) is 0.813. The van der Waals surface area contributed by atoms with Crippen molar-refractivity contribution in [2.45, 2.75) is 26.3 Å². The van der Waals surface area contributed by atoms with E-state index in [-0.39, 0.29) is 17.9 Å². The van der Waals surface area contributed by atoms with Gasteiger partial charge in [0.1, 0.15) is 0 Å². The molecule has 27 heavy (non-hydrogen) atoms. The molecule has 7 nitrogen and oxygen atoms in total. The van der Waals surface area contributed by atoms with E-state index in [1.165, 1.54) is 4.57 Å². The number of nitriles is 1. The average molecular weight is 361 g/mol. The Kier molecular flexibility index (Phi) is 5.47. The molecule has 0 unspecified atom stereocenters. The van der Waals surface area contributed by atoms with Crippen molar-refractivity contribution in [1.82, 2.24) is 15.0 Å². The summed E-state index contributed by atoms with van der Waals surface area (Å²) in [4.78, 5) is 29.1. The molecule has 0 aliphatic heterocycles. The summed E-state index contributed by atoms with van der Waals surface area (Å²) in [6, 6.07) is 16.3. The van der Waals surface area contributed by atoms with Crippen molar-refractivity contribution in [3.05, 3.63) is 70.0 Å². The van der Waals surface area contributed by atoms with Gasteiger partial charge in [0.2, 0.25) is 11.9 Å². The number of benzene rings is 2. The molecule has 3 rings (SSSR count). The molecule has 0 aliphatic rings. The van der Waals surface area contributed by atoms with Gasteiger partial charge >= 0.3 is 0 Å². The predicted molar refractivity (Wildman–Crippen MR) is 103 cm³/mol. The third kappa shape index (κ3) is 4.12. The first-order valence-electron chi connectivity index (χ1n) is 8.66. The maximum absolute atomic E-state index is 12.5. The molecule has 7 heteroatoms. The number of anilines is 1. The fourth-order valence-electron chi connectivity index (χ4n) is 2.75. The van der Waals surface area contributed by atoms with Crippen LogP contribution in [0.1, 0.15) is 24.5 Å². The van der Waals surface area contributed by atoms with Crippen LogP contribution in [0.25, 0.3) is 10.9 Å². The van der Waals surface area contributed by atoms with E-state index in [0.717, 1.165) is 5.56 Å². The predicted octanol–water partition coefficient (Wildman–Crippen LogP) is 2.36. The summed E-state index contributed by atoms with van der Waals surface area (Å²) in [6.45, 7) is 2.27. The second-order valence-corrected chi connectivity index (χ2v) is 5.98. The molecule has 0 aliphatic carbocycles. The Labute approximate surface area is 156 Å². The molecule has 2 aromatic carbocycles. The lowest BCUT2D eigenvalue weighted by Crippen LogP contribution is -2.34. The van der Waals surface area contributed by atoms with Gasteiger partial charge in [0.25, 0.3) is 5.56 Å². The minimum Gasteiger partial charge on any atom is -0.277 e. The molecule has 2 N–H and O–H groups in total. The zero-order valence-electron chi connectivity index (χ0n) is 14.9. The number of para-hydroxylation sites is 1. The Morgan fingerprint density at radius 2 is 1.93 bits per heavy atom. The normalized spacial score (nSPS) is 10.4. The van der Waals surface area contributed by atoms with E-state index in [9.17, 15) is 9.59 Å². The van der Waals surface area contributed by atoms with E-state index in [1.807, 2.05) is 25.1 Å². The van der Waals surface area contributed by atoms with Gasteiger partial charge in [-0.1, -0.05) is 24.3 Å². The molecule has 0 bridgehead atoms. The van der Waals surface area contributed by atoms with Crippen LogP contribution in [0.2, 0.25) is 0 Å². The zero-order valence-corrected chi connectivity index (χ0v) is 14.9. The van der Waals surface area contributed by atoms with Crippen molar-refractivity contribution in [1.29, 1.82) is 5.26 Å². The molecule has 0 saturated heterocycles. The first-order chi connectivity index (χ1) is 13.1. The summed E-state index contributed by atoms with van der Waals surface area (Å²) in [5.74, 6) is 0.0809. The van der Waals surface area contributed by atoms with E-state index >= 15 is 0 Å². The van der Waals surface area contributed by atoms with Crippen molar-refractivity contribution < 1.29 is 4.79 Å². The summed E-state index contributed by atoms with van der Waals surface area (Å²) in [5.41, 5.74) is 7.33. The number of fused-ring (bicyclic) bond motifs is 1.